The molecule has 0 bridgehead atoms. The maximum absolute atomic E-state index is 13.0. The van der Waals surface area contributed by atoms with Gasteiger partial charge in [0.25, 0.3) is 0 Å². The molecule has 1 N–H and O–H groups in total. The van der Waals surface area contributed by atoms with Crippen LogP contribution in [-0.4, -0.2) is 57.7 Å². The number of benzene rings is 3. The van der Waals surface area contributed by atoms with E-state index in [0.717, 1.165) is 46.7 Å². The van der Waals surface area contributed by atoms with E-state index in [-0.39, 0.29) is 17.7 Å². The Balaban J connectivity index is 1.45. The molecule has 1 heterocycles. The van der Waals surface area contributed by atoms with E-state index in [1.165, 1.54) is 0 Å². The Labute approximate surface area is 218 Å². The van der Waals surface area contributed by atoms with Gasteiger partial charge in [0.1, 0.15) is 0 Å². The van der Waals surface area contributed by atoms with Gasteiger partial charge in [-0.25, -0.2) is 0 Å². The second-order valence-electron chi connectivity index (χ2n) is 9.46. The lowest BCUT2D eigenvalue weighted by Crippen LogP contribution is -2.35. The zero-order valence-electron chi connectivity index (χ0n) is 22.1. The molecule has 1 fully saturated rings. The van der Waals surface area contributed by atoms with Gasteiger partial charge in [-0.1, -0.05) is 43.7 Å². The molecular formula is C30H36N2O5. The number of ether oxygens (including phenoxy) is 3. The zero-order valence-corrected chi connectivity index (χ0v) is 22.1. The van der Waals surface area contributed by atoms with Crippen molar-refractivity contribution in [3.8, 4) is 28.4 Å². The van der Waals surface area contributed by atoms with Crippen LogP contribution in [0.5, 0.6) is 17.2 Å². The number of fused-ring (bicyclic) bond motifs is 1. The summed E-state index contributed by atoms with van der Waals surface area (Å²) in [5, 5.41) is 5.13. The number of carbonyl (C=O) groups is 2. The summed E-state index contributed by atoms with van der Waals surface area (Å²) < 4.78 is 16.4. The maximum Gasteiger partial charge on any atom is 0.227 e. The molecule has 1 aliphatic heterocycles. The first-order valence-electron chi connectivity index (χ1n) is 12.9. The molecule has 0 aliphatic carbocycles. The van der Waals surface area contributed by atoms with Crippen LogP contribution < -0.4 is 19.5 Å². The summed E-state index contributed by atoms with van der Waals surface area (Å²) in [4.78, 5) is 27.1. The van der Waals surface area contributed by atoms with Crippen LogP contribution >= 0.6 is 0 Å². The molecule has 1 aliphatic rings. The number of hydrogen-bond acceptors (Lipinski definition) is 5. The first kappa shape index (κ1) is 26.3. The smallest absolute Gasteiger partial charge is 0.227 e. The van der Waals surface area contributed by atoms with E-state index < -0.39 is 0 Å². The number of likely N-dealkylation sites (tertiary alicyclic amines) is 1. The fourth-order valence-corrected chi connectivity index (χ4v) is 4.85. The highest BCUT2D eigenvalue weighted by Gasteiger charge is 2.30. The van der Waals surface area contributed by atoms with Gasteiger partial charge >= 0.3 is 0 Å². The molecule has 1 unspecified atom stereocenters. The number of hydrogen-bond donors (Lipinski definition) is 1. The summed E-state index contributed by atoms with van der Waals surface area (Å²) in [6.45, 7) is 3.95. The molecule has 0 saturated carbocycles. The number of amides is 2. The summed E-state index contributed by atoms with van der Waals surface area (Å²) in [7, 11) is 4.80. The summed E-state index contributed by atoms with van der Waals surface area (Å²) in [6, 6.07) is 16.2. The molecule has 2 amide bonds. The molecule has 7 nitrogen and oxygen atoms in total. The SMILES string of the molecule is CCCCNC(=O)C1CCN(C(=O)Cc2ccc3cc(-c4cc(OC)c(OC)c(OC)c4)ccc3c2)C1. The van der Waals surface area contributed by atoms with Crippen molar-refractivity contribution in [1.82, 2.24) is 10.2 Å². The van der Waals surface area contributed by atoms with Gasteiger partial charge in [-0.2, -0.15) is 0 Å². The monoisotopic (exact) mass is 504 g/mol. The molecular weight excluding hydrogens is 468 g/mol. The van der Waals surface area contributed by atoms with Crippen molar-refractivity contribution in [2.75, 3.05) is 41.0 Å². The highest BCUT2D eigenvalue weighted by molar-refractivity contribution is 5.90. The van der Waals surface area contributed by atoms with Gasteiger partial charge in [-0.05, 0) is 58.5 Å². The maximum atomic E-state index is 13.0. The molecule has 3 aromatic rings. The third-order valence-electron chi connectivity index (χ3n) is 7.00. The van der Waals surface area contributed by atoms with Crippen LogP contribution in [0.3, 0.4) is 0 Å². The average molecular weight is 505 g/mol. The second kappa shape index (κ2) is 12.0. The van der Waals surface area contributed by atoms with Crippen LogP contribution in [0.4, 0.5) is 0 Å². The highest BCUT2D eigenvalue weighted by Crippen LogP contribution is 2.41. The molecule has 7 heteroatoms. The van der Waals surface area contributed by atoms with E-state index in [0.29, 0.717) is 43.3 Å². The third-order valence-corrected chi connectivity index (χ3v) is 7.00. The van der Waals surface area contributed by atoms with Crippen molar-refractivity contribution in [2.45, 2.75) is 32.6 Å². The Hall–Kier alpha value is -3.74. The molecule has 1 saturated heterocycles. The Morgan fingerprint density at radius 1 is 0.919 bits per heavy atom. The molecule has 4 rings (SSSR count). The second-order valence-corrected chi connectivity index (χ2v) is 9.46. The standard InChI is InChI=1S/C30H36N2O5/c1-5-6-12-31-30(34)24-11-13-32(19-24)28(33)15-20-7-8-22-16-23(10-9-21(22)14-20)25-17-26(35-2)29(37-4)27(18-25)36-3/h7-10,14,16-18,24H,5-6,11-13,15,19H2,1-4H3,(H,31,34). The highest BCUT2D eigenvalue weighted by atomic mass is 16.5. The fraction of sp³-hybridized carbons (Fsp3) is 0.400. The van der Waals surface area contributed by atoms with Gasteiger partial charge in [-0.15, -0.1) is 0 Å². The van der Waals surface area contributed by atoms with Crippen molar-refractivity contribution >= 4 is 22.6 Å². The lowest BCUT2D eigenvalue weighted by molar-refractivity contribution is -0.130. The van der Waals surface area contributed by atoms with Crippen molar-refractivity contribution in [3.63, 3.8) is 0 Å². The van der Waals surface area contributed by atoms with Crippen molar-refractivity contribution in [1.29, 1.82) is 0 Å². The van der Waals surface area contributed by atoms with Crippen LogP contribution in [0.25, 0.3) is 21.9 Å². The minimum atomic E-state index is -0.106. The summed E-state index contributed by atoms with van der Waals surface area (Å²) in [5.74, 6) is 1.80. The van der Waals surface area contributed by atoms with Gasteiger partial charge < -0.3 is 24.4 Å². The normalized spacial score (nSPS) is 15.0. The Morgan fingerprint density at radius 2 is 1.62 bits per heavy atom. The predicted octanol–water partition coefficient (Wildman–Crippen LogP) is 4.84. The van der Waals surface area contributed by atoms with Crippen LogP contribution in [0, 0.1) is 5.92 Å². The molecule has 37 heavy (non-hydrogen) atoms. The molecule has 0 spiro atoms. The van der Waals surface area contributed by atoms with E-state index in [1.54, 1.807) is 21.3 Å². The van der Waals surface area contributed by atoms with Gasteiger partial charge in [-0.3, -0.25) is 9.59 Å². The summed E-state index contributed by atoms with van der Waals surface area (Å²) >= 11 is 0. The van der Waals surface area contributed by atoms with Crippen LogP contribution in [0.1, 0.15) is 31.7 Å². The van der Waals surface area contributed by atoms with Crippen molar-refractivity contribution in [3.05, 3.63) is 54.1 Å². The Bertz CT molecular complexity index is 1250. The van der Waals surface area contributed by atoms with Gasteiger partial charge in [0.05, 0.1) is 33.7 Å². The summed E-state index contributed by atoms with van der Waals surface area (Å²) in [5.41, 5.74) is 2.95. The molecule has 196 valence electrons. The predicted molar refractivity (Wildman–Crippen MR) is 145 cm³/mol. The third kappa shape index (κ3) is 5.98. The van der Waals surface area contributed by atoms with E-state index in [4.69, 9.17) is 14.2 Å². The lowest BCUT2D eigenvalue weighted by Gasteiger charge is -2.17. The number of methoxy groups -OCH3 is 3. The first-order valence-corrected chi connectivity index (χ1v) is 12.9. The quantitative estimate of drug-likeness (QED) is 0.400. The van der Waals surface area contributed by atoms with Crippen molar-refractivity contribution in [2.24, 2.45) is 5.92 Å². The fourth-order valence-electron chi connectivity index (χ4n) is 4.85. The van der Waals surface area contributed by atoms with E-state index in [1.807, 2.05) is 29.2 Å². The number of carbonyl (C=O) groups excluding carboxylic acids is 2. The van der Waals surface area contributed by atoms with E-state index >= 15 is 0 Å². The number of nitrogens with zero attached hydrogens (tertiary/aromatic N) is 1. The van der Waals surface area contributed by atoms with Crippen LogP contribution in [-0.2, 0) is 16.0 Å². The van der Waals surface area contributed by atoms with Crippen LogP contribution in [0.2, 0.25) is 0 Å². The van der Waals surface area contributed by atoms with E-state index in [2.05, 4.69) is 36.5 Å². The molecule has 3 aromatic carbocycles. The first-order chi connectivity index (χ1) is 18.0. The minimum Gasteiger partial charge on any atom is -0.493 e. The van der Waals surface area contributed by atoms with E-state index in [9.17, 15) is 9.59 Å². The molecule has 0 aromatic heterocycles. The van der Waals surface area contributed by atoms with Crippen LogP contribution in [0.15, 0.2) is 48.5 Å². The number of rotatable bonds is 10. The number of unbranched alkanes of at least 4 members (excludes halogenated alkanes) is 1. The van der Waals surface area contributed by atoms with Gasteiger partial charge in [0.15, 0.2) is 11.5 Å². The van der Waals surface area contributed by atoms with Crippen molar-refractivity contribution < 1.29 is 23.8 Å². The van der Waals surface area contributed by atoms with Gasteiger partial charge in [0, 0.05) is 19.6 Å². The topological polar surface area (TPSA) is 77.1 Å². The van der Waals surface area contributed by atoms with Gasteiger partial charge in [0.2, 0.25) is 17.6 Å². The number of nitrogens with one attached hydrogen (secondary N) is 1. The Morgan fingerprint density at radius 3 is 2.30 bits per heavy atom. The molecule has 1 atom stereocenters. The zero-order chi connectivity index (χ0) is 26.4. The lowest BCUT2D eigenvalue weighted by atomic mass is 9.98. The largest absolute Gasteiger partial charge is 0.493 e. The average Bonchev–Trinajstić information content (AvgIpc) is 3.43. The Kier molecular flexibility index (Phi) is 8.54. The summed E-state index contributed by atoms with van der Waals surface area (Å²) in [6.07, 6.45) is 3.08. The molecule has 0 radical (unpaired) electrons. The minimum absolute atomic E-state index is 0.0669.